The van der Waals surface area contributed by atoms with Crippen LogP contribution in [-0.4, -0.2) is 5.78 Å². The molecule has 0 bridgehead atoms. The van der Waals surface area contributed by atoms with Gasteiger partial charge < -0.3 is 0 Å². The molecular weight excluding hydrogens is 232 g/mol. The fourth-order valence-electron chi connectivity index (χ4n) is 2.31. The molecule has 0 heterocycles. The predicted molar refractivity (Wildman–Crippen MR) is 85.4 cm³/mol. The summed E-state index contributed by atoms with van der Waals surface area (Å²) in [5.74, 6) is 0.366. The van der Waals surface area contributed by atoms with E-state index < -0.39 is 0 Å². The van der Waals surface area contributed by atoms with Gasteiger partial charge in [-0.2, -0.15) is 0 Å². The lowest BCUT2D eigenvalue weighted by atomic mass is 9.86. The molecule has 1 heteroatoms. The fourth-order valence-corrected chi connectivity index (χ4v) is 2.31. The van der Waals surface area contributed by atoms with Crippen molar-refractivity contribution < 1.29 is 4.79 Å². The lowest BCUT2D eigenvalue weighted by molar-refractivity contribution is -0.120. The summed E-state index contributed by atoms with van der Waals surface area (Å²) in [5, 5.41) is 0. The van der Waals surface area contributed by atoms with Crippen LogP contribution in [0.5, 0.6) is 0 Å². The average Bonchev–Trinajstić information content (AvgIpc) is 2.36. The third-order valence-electron chi connectivity index (χ3n) is 3.59. The van der Waals surface area contributed by atoms with Crippen LogP contribution in [-0.2, 0) is 4.79 Å². The lowest BCUT2D eigenvalue weighted by Gasteiger charge is -2.18. The van der Waals surface area contributed by atoms with Crippen LogP contribution in [0, 0.1) is 5.41 Å². The number of rotatable bonds is 12. The molecule has 0 saturated heterocycles. The first kappa shape index (κ1) is 18.4. The molecular formula is C18H34O. The van der Waals surface area contributed by atoms with Crippen molar-refractivity contribution in [2.75, 3.05) is 0 Å². The zero-order valence-electron chi connectivity index (χ0n) is 13.6. The maximum absolute atomic E-state index is 11.5. The van der Waals surface area contributed by atoms with Gasteiger partial charge in [-0.15, -0.1) is 0 Å². The van der Waals surface area contributed by atoms with Crippen molar-refractivity contribution in [1.29, 1.82) is 0 Å². The van der Waals surface area contributed by atoms with E-state index in [1.54, 1.807) is 0 Å². The summed E-state index contributed by atoms with van der Waals surface area (Å²) in [6.45, 7) is 8.51. The lowest BCUT2D eigenvalue weighted by Crippen LogP contribution is -2.13. The number of carbonyl (C=O) groups excluding carboxylic acids is 1. The van der Waals surface area contributed by atoms with E-state index in [0.29, 0.717) is 18.6 Å². The molecule has 0 rings (SSSR count). The molecule has 19 heavy (non-hydrogen) atoms. The van der Waals surface area contributed by atoms with Gasteiger partial charge in [0.05, 0.1) is 0 Å². The Hall–Kier alpha value is -0.590. The van der Waals surface area contributed by atoms with Crippen LogP contribution in [0.25, 0.3) is 0 Å². The third-order valence-corrected chi connectivity index (χ3v) is 3.59. The maximum atomic E-state index is 11.5. The molecule has 112 valence electrons. The van der Waals surface area contributed by atoms with Gasteiger partial charge in [0.25, 0.3) is 0 Å². The van der Waals surface area contributed by atoms with E-state index in [-0.39, 0.29) is 5.41 Å². The van der Waals surface area contributed by atoms with E-state index >= 15 is 0 Å². The molecule has 1 nitrogen and oxygen atoms in total. The topological polar surface area (TPSA) is 17.1 Å². The molecule has 0 aromatic heterocycles. The van der Waals surface area contributed by atoms with E-state index in [1.807, 2.05) is 6.92 Å². The van der Waals surface area contributed by atoms with Gasteiger partial charge in [0, 0.05) is 12.8 Å². The van der Waals surface area contributed by atoms with Crippen molar-refractivity contribution in [2.45, 2.75) is 91.9 Å². The fraction of sp³-hybridized carbons (Fsp3) is 0.833. The zero-order valence-corrected chi connectivity index (χ0v) is 13.6. The third kappa shape index (κ3) is 12.2. The van der Waals surface area contributed by atoms with Gasteiger partial charge in [0.1, 0.15) is 5.78 Å². The largest absolute Gasteiger partial charge is 0.300 e. The van der Waals surface area contributed by atoms with E-state index in [4.69, 9.17) is 0 Å². The quantitative estimate of drug-likeness (QED) is 0.309. The normalized spacial score (nSPS) is 12.2. The molecule has 0 aliphatic heterocycles. The molecule has 0 aliphatic carbocycles. The van der Waals surface area contributed by atoms with Crippen molar-refractivity contribution in [2.24, 2.45) is 5.41 Å². The highest BCUT2D eigenvalue weighted by molar-refractivity contribution is 5.78. The van der Waals surface area contributed by atoms with E-state index in [9.17, 15) is 4.79 Å². The summed E-state index contributed by atoms with van der Waals surface area (Å²) in [5.41, 5.74) is 0.0359. The van der Waals surface area contributed by atoms with Crippen molar-refractivity contribution >= 4 is 5.78 Å². The number of hydrogen-bond donors (Lipinski definition) is 0. The van der Waals surface area contributed by atoms with Gasteiger partial charge in [0.15, 0.2) is 0 Å². The van der Waals surface area contributed by atoms with Gasteiger partial charge in [-0.25, -0.2) is 0 Å². The molecule has 0 saturated carbocycles. The minimum Gasteiger partial charge on any atom is -0.300 e. The number of unbranched alkanes of at least 4 members (excludes halogenated alkanes) is 7. The molecule has 0 radical (unpaired) electrons. The number of hydrogen-bond acceptors (Lipinski definition) is 1. The van der Waals surface area contributed by atoms with Crippen LogP contribution in [0.15, 0.2) is 12.2 Å². The number of Topliss-reactive ketones (excluding diaryl/α,β-unsaturated/α-hetero) is 1. The first-order chi connectivity index (χ1) is 9.02. The Morgan fingerprint density at radius 2 is 1.53 bits per heavy atom. The Morgan fingerprint density at radius 1 is 0.947 bits per heavy atom. The monoisotopic (exact) mass is 266 g/mol. The summed E-state index contributed by atoms with van der Waals surface area (Å²) in [6.07, 6.45) is 16.5. The second-order valence-electron chi connectivity index (χ2n) is 6.37. The summed E-state index contributed by atoms with van der Waals surface area (Å²) < 4.78 is 0. The Labute approximate surface area is 120 Å². The van der Waals surface area contributed by atoms with Crippen molar-refractivity contribution in [3.63, 3.8) is 0 Å². The smallest absolute Gasteiger partial charge is 0.133 e. The molecule has 0 aromatic carbocycles. The van der Waals surface area contributed by atoms with Crippen LogP contribution in [0.4, 0.5) is 0 Å². The van der Waals surface area contributed by atoms with Crippen LogP contribution in [0.1, 0.15) is 91.9 Å². The minimum absolute atomic E-state index is 0.0359. The van der Waals surface area contributed by atoms with Crippen LogP contribution in [0.3, 0.4) is 0 Å². The van der Waals surface area contributed by atoms with E-state index in [1.165, 1.54) is 44.9 Å². The Morgan fingerprint density at radius 3 is 2.11 bits per heavy atom. The van der Waals surface area contributed by atoms with Crippen molar-refractivity contribution in [1.82, 2.24) is 0 Å². The van der Waals surface area contributed by atoms with Crippen molar-refractivity contribution in [3.8, 4) is 0 Å². The van der Waals surface area contributed by atoms with Crippen LogP contribution < -0.4 is 0 Å². The molecule has 0 spiro atoms. The van der Waals surface area contributed by atoms with Gasteiger partial charge >= 0.3 is 0 Å². The average molecular weight is 266 g/mol. The summed E-state index contributed by atoms with van der Waals surface area (Å²) >= 11 is 0. The predicted octanol–water partition coefficient (Wildman–Crippen LogP) is 6.08. The number of allylic oxidation sites excluding steroid dienone is 2. The molecule has 0 aliphatic rings. The first-order valence-corrected chi connectivity index (χ1v) is 8.21. The highest BCUT2D eigenvalue weighted by Gasteiger charge is 2.17. The number of ketones is 1. The van der Waals surface area contributed by atoms with Crippen molar-refractivity contribution in [3.05, 3.63) is 12.2 Å². The Bertz CT molecular complexity index is 250. The second kappa shape index (κ2) is 11.3. The van der Waals surface area contributed by atoms with Gasteiger partial charge in [0.2, 0.25) is 0 Å². The molecule has 0 N–H and O–H groups in total. The van der Waals surface area contributed by atoms with E-state index in [0.717, 1.165) is 6.42 Å². The van der Waals surface area contributed by atoms with Gasteiger partial charge in [-0.1, -0.05) is 78.4 Å². The molecule has 0 unspecified atom stereocenters. The highest BCUT2D eigenvalue weighted by Crippen LogP contribution is 2.23. The highest BCUT2D eigenvalue weighted by atomic mass is 16.1. The zero-order chi connectivity index (χ0) is 14.6. The Balaban J connectivity index is 3.58. The molecule has 0 aromatic rings. The summed E-state index contributed by atoms with van der Waals surface area (Å²) in [7, 11) is 0. The first-order valence-electron chi connectivity index (χ1n) is 8.21. The molecule has 0 fully saturated rings. The number of carbonyl (C=O) groups is 1. The minimum atomic E-state index is 0.0359. The second-order valence-corrected chi connectivity index (χ2v) is 6.37. The van der Waals surface area contributed by atoms with Gasteiger partial charge in [-0.3, -0.25) is 4.79 Å². The summed E-state index contributed by atoms with van der Waals surface area (Å²) in [6, 6.07) is 0. The Kier molecular flexibility index (Phi) is 10.9. The molecule has 0 amide bonds. The summed E-state index contributed by atoms with van der Waals surface area (Å²) in [4.78, 5) is 11.5. The van der Waals surface area contributed by atoms with Crippen LogP contribution >= 0.6 is 0 Å². The van der Waals surface area contributed by atoms with Crippen LogP contribution in [0.2, 0.25) is 0 Å². The maximum Gasteiger partial charge on any atom is 0.133 e. The van der Waals surface area contributed by atoms with E-state index in [2.05, 4.69) is 32.9 Å². The van der Waals surface area contributed by atoms with Gasteiger partial charge in [-0.05, 0) is 18.3 Å². The SMILES string of the molecule is CCCCCCCCC/C=C/C(C)(C)CC(=O)CC. The standard InChI is InChI=1S/C18H34O/c1-5-7-8-9-10-11-12-13-14-15-18(3,4)16-17(19)6-2/h14-15H,5-13,16H2,1-4H3/b15-14+. The molecule has 0 atom stereocenters.